The number of rotatable bonds is 7. The molecule has 2 heterocycles. The van der Waals surface area contributed by atoms with Gasteiger partial charge in [0, 0.05) is 5.56 Å². The standard InChI is InChI=1S/C22H22N4O3S/c1-22(2,3)16-11-9-15(10-12-16)20-25-24-19(28-20)14-30-21-26-23-18(29-21)13-27-17-7-5-4-6-8-17/h4-12H,13-14H2,1-3H3. The molecule has 154 valence electrons. The molecule has 0 aliphatic carbocycles. The number of nitrogens with zero attached hydrogens (tertiary/aromatic N) is 4. The van der Waals surface area contributed by atoms with Crippen LogP contribution >= 0.6 is 11.8 Å². The smallest absolute Gasteiger partial charge is 0.277 e. The second kappa shape index (κ2) is 8.71. The van der Waals surface area contributed by atoms with Gasteiger partial charge in [-0.2, -0.15) is 0 Å². The molecule has 0 bridgehead atoms. The van der Waals surface area contributed by atoms with Gasteiger partial charge in [-0.3, -0.25) is 0 Å². The van der Waals surface area contributed by atoms with Gasteiger partial charge in [0.05, 0.1) is 5.75 Å². The van der Waals surface area contributed by atoms with Crippen molar-refractivity contribution in [3.8, 4) is 17.2 Å². The molecule has 2 aromatic heterocycles. The van der Waals surface area contributed by atoms with E-state index in [1.54, 1.807) is 0 Å². The quantitative estimate of drug-likeness (QED) is 0.371. The third-order valence-corrected chi connectivity index (χ3v) is 5.14. The lowest BCUT2D eigenvalue weighted by Crippen LogP contribution is -2.10. The Balaban J connectivity index is 1.32. The molecule has 0 aliphatic rings. The minimum absolute atomic E-state index is 0.101. The summed E-state index contributed by atoms with van der Waals surface area (Å²) in [7, 11) is 0. The Morgan fingerprint density at radius 1 is 0.833 bits per heavy atom. The molecule has 2 aromatic carbocycles. The Labute approximate surface area is 178 Å². The zero-order valence-electron chi connectivity index (χ0n) is 17.0. The molecular weight excluding hydrogens is 400 g/mol. The summed E-state index contributed by atoms with van der Waals surface area (Å²) in [5.41, 5.74) is 2.25. The van der Waals surface area contributed by atoms with Crippen molar-refractivity contribution >= 4 is 11.8 Å². The molecule has 8 heteroatoms. The van der Waals surface area contributed by atoms with Gasteiger partial charge in [-0.15, -0.1) is 20.4 Å². The van der Waals surface area contributed by atoms with Crippen LogP contribution in [0.5, 0.6) is 5.75 Å². The second-order valence-corrected chi connectivity index (χ2v) is 8.61. The first kappa shape index (κ1) is 20.2. The van der Waals surface area contributed by atoms with E-state index in [1.807, 2.05) is 42.5 Å². The monoisotopic (exact) mass is 422 g/mol. The van der Waals surface area contributed by atoms with Crippen LogP contribution in [-0.4, -0.2) is 20.4 Å². The Morgan fingerprint density at radius 3 is 2.30 bits per heavy atom. The van der Waals surface area contributed by atoms with Crippen molar-refractivity contribution in [1.29, 1.82) is 0 Å². The van der Waals surface area contributed by atoms with E-state index in [2.05, 4.69) is 53.3 Å². The number of benzene rings is 2. The molecule has 0 unspecified atom stereocenters. The zero-order chi connectivity index (χ0) is 21.0. The van der Waals surface area contributed by atoms with Gasteiger partial charge < -0.3 is 13.6 Å². The normalized spacial score (nSPS) is 11.6. The topological polar surface area (TPSA) is 87.1 Å². The fourth-order valence-corrected chi connectivity index (χ4v) is 3.30. The third kappa shape index (κ3) is 5.07. The van der Waals surface area contributed by atoms with Gasteiger partial charge in [0.1, 0.15) is 5.75 Å². The van der Waals surface area contributed by atoms with Crippen molar-refractivity contribution in [2.45, 2.75) is 43.8 Å². The van der Waals surface area contributed by atoms with E-state index in [4.69, 9.17) is 13.6 Å². The molecule has 0 radical (unpaired) electrons. The number of aromatic nitrogens is 4. The maximum Gasteiger partial charge on any atom is 0.277 e. The van der Waals surface area contributed by atoms with Crippen LogP contribution < -0.4 is 4.74 Å². The Hall–Kier alpha value is -3.13. The summed E-state index contributed by atoms with van der Waals surface area (Å²) < 4.78 is 17.0. The average Bonchev–Trinajstić information content (AvgIpc) is 3.40. The fraction of sp³-hybridized carbons (Fsp3) is 0.273. The first-order valence-corrected chi connectivity index (χ1v) is 10.5. The van der Waals surface area contributed by atoms with Crippen LogP contribution in [0.3, 0.4) is 0 Å². The summed E-state index contributed by atoms with van der Waals surface area (Å²) in [5, 5.41) is 16.7. The summed E-state index contributed by atoms with van der Waals surface area (Å²) in [4.78, 5) is 0. The maximum absolute atomic E-state index is 5.77. The molecule has 4 rings (SSSR count). The predicted molar refractivity (Wildman–Crippen MR) is 113 cm³/mol. The number of hydrogen-bond acceptors (Lipinski definition) is 8. The third-order valence-electron chi connectivity index (χ3n) is 4.34. The van der Waals surface area contributed by atoms with Crippen molar-refractivity contribution in [3.63, 3.8) is 0 Å². The van der Waals surface area contributed by atoms with Gasteiger partial charge in [0.15, 0.2) is 6.61 Å². The lowest BCUT2D eigenvalue weighted by atomic mass is 9.87. The first-order valence-electron chi connectivity index (χ1n) is 9.54. The molecule has 0 atom stereocenters. The minimum atomic E-state index is 0.101. The highest BCUT2D eigenvalue weighted by Gasteiger charge is 2.15. The molecule has 0 fully saturated rings. The summed E-state index contributed by atoms with van der Waals surface area (Å²) in [6.07, 6.45) is 0. The van der Waals surface area contributed by atoms with E-state index in [0.29, 0.717) is 28.6 Å². The van der Waals surface area contributed by atoms with Crippen LogP contribution in [0.2, 0.25) is 0 Å². The number of hydrogen-bond donors (Lipinski definition) is 0. The number of ether oxygens (including phenoxy) is 1. The van der Waals surface area contributed by atoms with Crippen molar-refractivity contribution in [3.05, 3.63) is 71.9 Å². The predicted octanol–water partition coefficient (Wildman–Crippen LogP) is 5.29. The summed E-state index contributed by atoms with van der Waals surface area (Å²) in [6.45, 7) is 6.76. The molecule has 0 spiro atoms. The van der Waals surface area contributed by atoms with E-state index in [0.717, 1.165) is 11.3 Å². The van der Waals surface area contributed by atoms with Crippen LogP contribution in [0.4, 0.5) is 0 Å². The van der Waals surface area contributed by atoms with Crippen LogP contribution in [0.15, 0.2) is 68.7 Å². The second-order valence-electron chi connectivity index (χ2n) is 7.68. The van der Waals surface area contributed by atoms with Gasteiger partial charge in [0.25, 0.3) is 11.1 Å². The summed E-state index contributed by atoms with van der Waals surface area (Å²) in [6, 6.07) is 17.7. The molecule has 0 amide bonds. The van der Waals surface area contributed by atoms with Gasteiger partial charge in [-0.1, -0.05) is 62.9 Å². The van der Waals surface area contributed by atoms with Gasteiger partial charge in [-0.25, -0.2) is 0 Å². The maximum atomic E-state index is 5.77. The Kier molecular flexibility index (Phi) is 5.85. The zero-order valence-corrected chi connectivity index (χ0v) is 17.8. The SMILES string of the molecule is CC(C)(C)c1ccc(-c2nnc(CSc3nnc(COc4ccccc4)o3)o2)cc1. The van der Waals surface area contributed by atoms with Gasteiger partial charge >= 0.3 is 0 Å². The molecule has 0 saturated carbocycles. The summed E-state index contributed by atoms with van der Waals surface area (Å²) in [5.74, 6) is 2.59. The van der Waals surface area contributed by atoms with Gasteiger partial charge in [0.2, 0.25) is 11.8 Å². The average molecular weight is 423 g/mol. The van der Waals surface area contributed by atoms with E-state index in [-0.39, 0.29) is 12.0 Å². The highest BCUT2D eigenvalue weighted by molar-refractivity contribution is 7.98. The molecule has 0 N–H and O–H groups in total. The van der Waals surface area contributed by atoms with E-state index >= 15 is 0 Å². The first-order chi connectivity index (χ1) is 14.5. The van der Waals surface area contributed by atoms with Crippen molar-refractivity contribution in [2.24, 2.45) is 0 Å². The van der Waals surface area contributed by atoms with Crippen LogP contribution in [0.1, 0.15) is 38.1 Å². The molecule has 30 heavy (non-hydrogen) atoms. The van der Waals surface area contributed by atoms with Crippen molar-refractivity contribution < 1.29 is 13.6 Å². The lowest BCUT2D eigenvalue weighted by molar-refractivity contribution is 0.252. The highest BCUT2D eigenvalue weighted by atomic mass is 32.2. The Morgan fingerprint density at radius 2 is 1.57 bits per heavy atom. The van der Waals surface area contributed by atoms with E-state index in [1.165, 1.54) is 17.3 Å². The molecule has 4 aromatic rings. The van der Waals surface area contributed by atoms with Crippen molar-refractivity contribution in [2.75, 3.05) is 0 Å². The minimum Gasteiger partial charge on any atom is -0.484 e. The molecule has 7 nitrogen and oxygen atoms in total. The number of thioether (sulfide) groups is 1. The molecule has 0 saturated heterocycles. The lowest BCUT2D eigenvalue weighted by Gasteiger charge is -2.18. The molecule has 0 aliphatic heterocycles. The summed E-state index contributed by atoms with van der Waals surface area (Å²) >= 11 is 1.34. The highest BCUT2D eigenvalue weighted by Crippen LogP contribution is 2.27. The molecular formula is C22H22N4O3S. The van der Waals surface area contributed by atoms with Gasteiger partial charge in [-0.05, 0) is 35.2 Å². The fourth-order valence-electron chi connectivity index (χ4n) is 2.68. The van der Waals surface area contributed by atoms with Crippen LogP contribution in [0.25, 0.3) is 11.5 Å². The largest absolute Gasteiger partial charge is 0.484 e. The van der Waals surface area contributed by atoms with Crippen molar-refractivity contribution in [1.82, 2.24) is 20.4 Å². The Bertz CT molecular complexity index is 1090. The van der Waals surface area contributed by atoms with Crippen LogP contribution in [0, 0.1) is 0 Å². The number of para-hydroxylation sites is 1. The van der Waals surface area contributed by atoms with Crippen LogP contribution in [-0.2, 0) is 17.8 Å². The van der Waals surface area contributed by atoms with E-state index < -0.39 is 0 Å². The van der Waals surface area contributed by atoms with E-state index in [9.17, 15) is 0 Å².